The van der Waals surface area contributed by atoms with E-state index in [1.165, 1.54) is 6.92 Å². The summed E-state index contributed by atoms with van der Waals surface area (Å²) in [5.41, 5.74) is 1.72. The Hall–Kier alpha value is -2.55. The molecule has 0 fully saturated rings. The molecule has 0 saturated heterocycles. The number of aryl methyl sites for hydroxylation is 3. The van der Waals surface area contributed by atoms with Gasteiger partial charge in [-0.2, -0.15) is 0 Å². The number of nitrogens with one attached hydrogen (secondary N) is 2. The number of fused-ring (bicyclic) bond motifs is 1. The predicted molar refractivity (Wildman–Crippen MR) is 82.1 cm³/mol. The van der Waals surface area contributed by atoms with Crippen LogP contribution in [0.1, 0.15) is 17.0 Å². The molecule has 2 aromatic rings. The highest BCUT2D eigenvalue weighted by atomic mass is 32.2. The van der Waals surface area contributed by atoms with Crippen LogP contribution in [-0.2, 0) is 14.8 Å². The number of carbonyl (C=O) groups is 1. The highest BCUT2D eigenvalue weighted by molar-refractivity contribution is 7.92. The fourth-order valence-corrected chi connectivity index (χ4v) is 3.86. The van der Waals surface area contributed by atoms with Crippen molar-refractivity contribution in [2.24, 2.45) is 0 Å². The summed E-state index contributed by atoms with van der Waals surface area (Å²) in [7, 11) is -3.89. The molecule has 9 heteroatoms. The summed E-state index contributed by atoms with van der Waals surface area (Å²) >= 11 is 0. The first-order chi connectivity index (χ1) is 10.8. The summed E-state index contributed by atoms with van der Waals surface area (Å²) in [5.74, 6) is 0.193. The van der Waals surface area contributed by atoms with E-state index in [9.17, 15) is 13.2 Å². The number of nitrogens with zero attached hydrogens (tertiary/aromatic N) is 1. The van der Waals surface area contributed by atoms with Crippen molar-refractivity contribution in [2.75, 3.05) is 16.6 Å². The van der Waals surface area contributed by atoms with Crippen molar-refractivity contribution >= 4 is 27.3 Å². The van der Waals surface area contributed by atoms with Gasteiger partial charge in [-0.25, -0.2) is 8.42 Å². The predicted octanol–water partition coefficient (Wildman–Crippen LogP) is 1.73. The van der Waals surface area contributed by atoms with Gasteiger partial charge >= 0.3 is 0 Å². The number of hydrogen-bond donors (Lipinski definition) is 2. The largest absolute Gasteiger partial charge is 0.479 e. The third-order valence-corrected chi connectivity index (χ3v) is 4.94. The van der Waals surface area contributed by atoms with Crippen LogP contribution in [0.15, 0.2) is 21.6 Å². The number of sulfonamides is 1. The number of anilines is 2. The van der Waals surface area contributed by atoms with Gasteiger partial charge in [-0.15, -0.1) is 0 Å². The Morgan fingerprint density at radius 3 is 2.65 bits per heavy atom. The van der Waals surface area contributed by atoms with Gasteiger partial charge in [0, 0.05) is 0 Å². The van der Waals surface area contributed by atoms with E-state index in [-0.39, 0.29) is 40.3 Å². The Morgan fingerprint density at radius 1 is 1.26 bits per heavy atom. The molecule has 0 saturated carbocycles. The number of rotatable bonds is 3. The van der Waals surface area contributed by atoms with Crippen LogP contribution in [0.25, 0.3) is 0 Å². The molecule has 0 spiro atoms. The van der Waals surface area contributed by atoms with E-state index in [4.69, 9.17) is 9.26 Å². The Labute approximate surface area is 132 Å². The highest BCUT2D eigenvalue weighted by Gasteiger charge is 2.27. The van der Waals surface area contributed by atoms with E-state index < -0.39 is 10.0 Å². The van der Waals surface area contributed by atoms with Crippen molar-refractivity contribution in [3.05, 3.63) is 29.2 Å². The second kappa shape index (κ2) is 5.27. The Kier molecular flexibility index (Phi) is 3.52. The van der Waals surface area contributed by atoms with Gasteiger partial charge in [0.25, 0.3) is 15.9 Å². The van der Waals surface area contributed by atoms with Crippen LogP contribution in [0.4, 0.5) is 11.4 Å². The van der Waals surface area contributed by atoms with Gasteiger partial charge in [0.15, 0.2) is 23.0 Å². The molecular weight excluding hydrogens is 322 g/mol. The fraction of sp³-hybridized carbons (Fsp3) is 0.286. The minimum absolute atomic E-state index is 0.00685. The second-order valence-electron chi connectivity index (χ2n) is 5.28. The van der Waals surface area contributed by atoms with Crippen LogP contribution in [0.5, 0.6) is 5.75 Å². The summed E-state index contributed by atoms with van der Waals surface area (Å²) in [4.78, 5) is 11.4. The Morgan fingerprint density at radius 2 is 2.00 bits per heavy atom. The maximum atomic E-state index is 12.6. The van der Waals surface area contributed by atoms with E-state index in [0.717, 1.165) is 5.56 Å². The smallest absolute Gasteiger partial charge is 0.267 e. The monoisotopic (exact) mass is 337 g/mol. The fourth-order valence-electron chi connectivity index (χ4n) is 2.48. The lowest BCUT2D eigenvalue weighted by Gasteiger charge is -2.22. The lowest BCUT2D eigenvalue weighted by Crippen LogP contribution is -2.26. The van der Waals surface area contributed by atoms with Gasteiger partial charge in [0.1, 0.15) is 5.69 Å². The Balaban J connectivity index is 2.05. The first-order valence-corrected chi connectivity index (χ1v) is 8.29. The van der Waals surface area contributed by atoms with Gasteiger partial charge in [-0.3, -0.25) is 9.52 Å². The number of hydrogen-bond acceptors (Lipinski definition) is 6. The van der Waals surface area contributed by atoms with E-state index in [2.05, 4.69) is 15.2 Å². The molecule has 1 aliphatic heterocycles. The first kappa shape index (κ1) is 15.3. The quantitative estimate of drug-likeness (QED) is 0.882. The van der Waals surface area contributed by atoms with Crippen molar-refractivity contribution in [1.29, 1.82) is 0 Å². The second-order valence-corrected chi connectivity index (χ2v) is 6.90. The molecule has 0 unspecified atom stereocenters. The molecule has 0 aliphatic carbocycles. The molecule has 0 radical (unpaired) electrons. The number of aromatic nitrogens is 1. The summed E-state index contributed by atoms with van der Waals surface area (Å²) < 4.78 is 38.0. The van der Waals surface area contributed by atoms with E-state index in [0.29, 0.717) is 5.69 Å². The van der Waals surface area contributed by atoms with Crippen LogP contribution in [0.2, 0.25) is 0 Å². The molecule has 0 atom stereocenters. The third-order valence-electron chi connectivity index (χ3n) is 3.34. The van der Waals surface area contributed by atoms with Gasteiger partial charge in [0.2, 0.25) is 0 Å². The zero-order chi connectivity index (χ0) is 16.8. The lowest BCUT2D eigenvalue weighted by molar-refractivity contribution is -0.118. The summed E-state index contributed by atoms with van der Waals surface area (Å²) in [6.07, 6.45) is 0. The molecule has 122 valence electrons. The molecule has 3 rings (SSSR count). The van der Waals surface area contributed by atoms with Crippen LogP contribution in [-0.4, -0.2) is 26.1 Å². The highest BCUT2D eigenvalue weighted by Crippen LogP contribution is 2.38. The molecular formula is C14H15N3O5S. The van der Waals surface area contributed by atoms with Crippen LogP contribution < -0.4 is 14.8 Å². The molecule has 8 nitrogen and oxygen atoms in total. The van der Waals surface area contributed by atoms with Gasteiger partial charge in [-0.05, 0) is 38.5 Å². The van der Waals surface area contributed by atoms with Crippen molar-refractivity contribution < 1.29 is 22.5 Å². The number of benzene rings is 1. The van der Waals surface area contributed by atoms with Crippen molar-refractivity contribution in [3.63, 3.8) is 0 Å². The number of carbonyl (C=O) groups excluding carboxylic acids is 1. The maximum absolute atomic E-state index is 12.6. The third kappa shape index (κ3) is 2.74. The van der Waals surface area contributed by atoms with E-state index in [1.807, 2.05) is 0 Å². The zero-order valence-corrected chi connectivity index (χ0v) is 13.6. The topological polar surface area (TPSA) is 111 Å². The van der Waals surface area contributed by atoms with Crippen LogP contribution in [0, 0.1) is 20.8 Å². The summed E-state index contributed by atoms with van der Waals surface area (Å²) in [5, 5.41) is 6.31. The standard InChI is InChI=1S/C14H15N3O5S/c1-7-4-10-13(21-6-12(18)15-10)11(5-7)17-23(19,20)14-8(2)16-22-9(14)3/h4-5,17H,6H2,1-3H3,(H,15,18). The number of amides is 1. The molecule has 1 amide bonds. The van der Waals surface area contributed by atoms with Gasteiger partial charge in [-0.1, -0.05) is 5.16 Å². The van der Waals surface area contributed by atoms with Gasteiger partial charge in [0.05, 0.1) is 11.4 Å². The molecule has 0 bridgehead atoms. The molecule has 2 N–H and O–H groups in total. The zero-order valence-electron chi connectivity index (χ0n) is 12.8. The van der Waals surface area contributed by atoms with Crippen LogP contribution in [0.3, 0.4) is 0 Å². The molecule has 23 heavy (non-hydrogen) atoms. The molecule has 1 aliphatic rings. The van der Waals surface area contributed by atoms with Crippen molar-refractivity contribution in [1.82, 2.24) is 5.16 Å². The molecule has 2 heterocycles. The van der Waals surface area contributed by atoms with E-state index in [1.54, 1.807) is 26.0 Å². The van der Waals surface area contributed by atoms with Crippen LogP contribution >= 0.6 is 0 Å². The average molecular weight is 337 g/mol. The average Bonchev–Trinajstić information content (AvgIpc) is 2.77. The summed E-state index contributed by atoms with van der Waals surface area (Å²) in [6.45, 7) is 4.69. The normalized spacial score (nSPS) is 14.0. The van der Waals surface area contributed by atoms with E-state index >= 15 is 0 Å². The lowest BCUT2D eigenvalue weighted by atomic mass is 10.1. The SMILES string of the molecule is Cc1cc2c(c(NS(=O)(=O)c3c(C)noc3C)c1)OCC(=O)N2. The Bertz CT molecular complexity index is 882. The van der Waals surface area contributed by atoms with Gasteiger partial charge < -0.3 is 14.6 Å². The number of ether oxygens (including phenoxy) is 1. The minimum Gasteiger partial charge on any atom is -0.479 e. The van der Waals surface area contributed by atoms with Crippen molar-refractivity contribution in [3.8, 4) is 5.75 Å². The molecule has 1 aromatic heterocycles. The maximum Gasteiger partial charge on any atom is 0.267 e. The molecule has 1 aromatic carbocycles. The summed E-state index contributed by atoms with van der Waals surface area (Å²) in [6, 6.07) is 3.34. The minimum atomic E-state index is -3.89. The first-order valence-electron chi connectivity index (χ1n) is 6.81. The van der Waals surface area contributed by atoms with Crippen molar-refractivity contribution in [2.45, 2.75) is 25.7 Å².